The third-order valence-corrected chi connectivity index (χ3v) is 2.49. The Balaban J connectivity index is 0.00000180. The zero-order valence-electron chi connectivity index (χ0n) is 9.71. The van der Waals surface area contributed by atoms with Crippen molar-refractivity contribution in [3.63, 3.8) is 0 Å². The zero-order valence-corrected chi connectivity index (χ0v) is 9.71. The Kier molecular flexibility index (Phi) is 3.37. The largest absolute Gasteiger partial charge is 0.322 e. The molecule has 2 aromatic carbocycles. The Bertz CT molecular complexity index is 584. The van der Waals surface area contributed by atoms with E-state index in [1.165, 1.54) is 6.07 Å². The van der Waals surface area contributed by atoms with Gasteiger partial charge in [-0.1, -0.05) is 17.7 Å². The van der Waals surface area contributed by atoms with Crippen molar-refractivity contribution < 1.29 is 15.0 Å². The molecule has 1 amide bonds. The molecule has 0 aliphatic rings. The minimum absolute atomic E-state index is 0. The highest BCUT2D eigenvalue weighted by Gasteiger charge is 2.09. The van der Waals surface area contributed by atoms with Gasteiger partial charge in [-0.3, -0.25) is 4.79 Å². The lowest BCUT2D eigenvalue weighted by atomic mass is 10.2. The first-order valence-corrected chi connectivity index (χ1v) is 5.39. The molecule has 0 aliphatic heterocycles. The van der Waals surface area contributed by atoms with E-state index in [0.717, 1.165) is 17.7 Å². The number of nitrogens with one attached hydrogen (secondary N) is 1. The minimum Gasteiger partial charge on any atom is -0.322 e. The van der Waals surface area contributed by atoms with Gasteiger partial charge in [-0.05, 0) is 37.3 Å². The average molecular weight is 249 g/mol. The van der Waals surface area contributed by atoms with E-state index in [9.17, 15) is 13.6 Å². The minimum atomic E-state index is -1.04. The van der Waals surface area contributed by atoms with Gasteiger partial charge in [0.05, 0.1) is 0 Å². The summed E-state index contributed by atoms with van der Waals surface area (Å²) in [6.07, 6.45) is 0. The molecule has 0 saturated carbocycles. The van der Waals surface area contributed by atoms with Crippen molar-refractivity contribution in [2.24, 2.45) is 0 Å². The molecule has 1 N–H and O–H groups in total. The molecule has 2 aromatic rings. The van der Waals surface area contributed by atoms with Gasteiger partial charge in [-0.15, -0.1) is 0 Å². The van der Waals surface area contributed by atoms with E-state index in [1.54, 1.807) is 12.1 Å². The fourth-order valence-corrected chi connectivity index (χ4v) is 1.48. The molecule has 0 atom stereocenters. The van der Waals surface area contributed by atoms with Crippen molar-refractivity contribution in [2.45, 2.75) is 6.92 Å². The van der Waals surface area contributed by atoms with Crippen LogP contribution in [0.4, 0.5) is 14.5 Å². The molecular weight excluding hydrogens is 236 g/mol. The molecule has 0 fully saturated rings. The van der Waals surface area contributed by atoms with Gasteiger partial charge < -0.3 is 5.32 Å². The Hall–Kier alpha value is -2.23. The molecule has 0 aromatic heterocycles. The fourth-order valence-electron chi connectivity index (χ4n) is 1.48. The Labute approximate surface area is 105 Å². The van der Waals surface area contributed by atoms with Gasteiger partial charge in [-0.25, -0.2) is 8.78 Å². The molecule has 0 radical (unpaired) electrons. The maximum Gasteiger partial charge on any atom is 0.255 e. The van der Waals surface area contributed by atoms with Crippen LogP contribution in [-0.4, -0.2) is 5.91 Å². The number of carbonyl (C=O) groups excluding carboxylic acids is 1. The summed E-state index contributed by atoms with van der Waals surface area (Å²) in [7, 11) is 0. The predicted molar refractivity (Wildman–Crippen MR) is 67.6 cm³/mol. The lowest BCUT2D eigenvalue weighted by Gasteiger charge is -2.05. The van der Waals surface area contributed by atoms with Crippen molar-refractivity contribution >= 4 is 11.6 Å². The number of anilines is 1. The number of rotatable bonds is 2. The highest BCUT2D eigenvalue weighted by atomic mass is 19.2. The van der Waals surface area contributed by atoms with E-state index < -0.39 is 17.5 Å². The van der Waals surface area contributed by atoms with E-state index in [2.05, 4.69) is 5.32 Å². The monoisotopic (exact) mass is 249 g/mol. The van der Waals surface area contributed by atoms with Gasteiger partial charge in [0.1, 0.15) is 0 Å². The average Bonchev–Trinajstić information content (AvgIpc) is 2.35. The van der Waals surface area contributed by atoms with Gasteiger partial charge in [0.2, 0.25) is 0 Å². The number of hydrogen-bond donors (Lipinski definition) is 1. The van der Waals surface area contributed by atoms with Crippen LogP contribution < -0.4 is 5.32 Å². The topological polar surface area (TPSA) is 29.1 Å². The number of halogens is 2. The molecule has 2 rings (SSSR count). The second-order valence-electron chi connectivity index (χ2n) is 3.95. The predicted octanol–water partition coefficient (Wildman–Crippen LogP) is 3.77. The highest BCUT2D eigenvalue weighted by Crippen LogP contribution is 2.13. The Morgan fingerprint density at radius 2 is 1.72 bits per heavy atom. The van der Waals surface area contributed by atoms with Crippen LogP contribution >= 0.6 is 0 Å². The Morgan fingerprint density at radius 3 is 2.33 bits per heavy atom. The molecule has 0 aliphatic carbocycles. The van der Waals surface area contributed by atoms with Crippen molar-refractivity contribution in [1.29, 1.82) is 0 Å². The lowest BCUT2D eigenvalue weighted by Crippen LogP contribution is -2.12. The Morgan fingerprint density at radius 1 is 1.06 bits per heavy atom. The summed E-state index contributed by atoms with van der Waals surface area (Å²) in [5, 5.41) is 2.60. The molecule has 94 valence electrons. The summed E-state index contributed by atoms with van der Waals surface area (Å²) >= 11 is 0. The SMILES string of the molecule is Cc1ccc(NC(=O)c2ccc(F)c(F)c2)cc1.[HH]. The quantitative estimate of drug-likeness (QED) is 0.862. The fraction of sp³-hybridized carbons (Fsp3) is 0.0714. The molecule has 0 saturated heterocycles. The standard InChI is InChI=1S/C14H11F2NO.H2/c1-9-2-5-11(6-3-9)17-14(18)10-4-7-12(15)13(16)8-10;/h2-8H,1H3,(H,17,18);1H. The van der Waals surface area contributed by atoms with E-state index >= 15 is 0 Å². The molecule has 0 unspecified atom stereocenters. The first-order valence-electron chi connectivity index (χ1n) is 5.39. The smallest absolute Gasteiger partial charge is 0.255 e. The van der Waals surface area contributed by atoms with Gasteiger partial charge in [-0.2, -0.15) is 0 Å². The summed E-state index contributed by atoms with van der Waals surface area (Å²) < 4.78 is 25.7. The second-order valence-corrected chi connectivity index (χ2v) is 3.95. The van der Waals surface area contributed by atoms with Crippen molar-refractivity contribution in [1.82, 2.24) is 0 Å². The number of benzene rings is 2. The zero-order chi connectivity index (χ0) is 13.1. The van der Waals surface area contributed by atoms with Crippen molar-refractivity contribution in [3.05, 3.63) is 65.2 Å². The molecular formula is C14H13F2NO. The van der Waals surface area contributed by atoms with Crippen LogP contribution in [0.2, 0.25) is 0 Å². The van der Waals surface area contributed by atoms with Gasteiger partial charge in [0, 0.05) is 12.7 Å². The van der Waals surface area contributed by atoms with Crippen LogP contribution in [0.15, 0.2) is 42.5 Å². The van der Waals surface area contributed by atoms with Crippen LogP contribution in [0.1, 0.15) is 17.3 Å². The van der Waals surface area contributed by atoms with Crippen molar-refractivity contribution in [3.8, 4) is 0 Å². The first-order chi connectivity index (χ1) is 8.56. The molecule has 0 spiro atoms. The maximum atomic E-state index is 13.0. The summed E-state index contributed by atoms with van der Waals surface area (Å²) in [5.41, 5.74) is 1.76. The summed E-state index contributed by atoms with van der Waals surface area (Å²) in [6, 6.07) is 10.2. The second kappa shape index (κ2) is 4.96. The van der Waals surface area contributed by atoms with Crippen LogP contribution in [0.3, 0.4) is 0 Å². The maximum absolute atomic E-state index is 13.0. The molecule has 2 nitrogen and oxygen atoms in total. The number of carbonyl (C=O) groups is 1. The molecule has 0 heterocycles. The van der Waals surface area contributed by atoms with Crippen LogP contribution in [0.5, 0.6) is 0 Å². The molecule has 18 heavy (non-hydrogen) atoms. The van der Waals surface area contributed by atoms with E-state index in [-0.39, 0.29) is 6.99 Å². The third-order valence-electron chi connectivity index (χ3n) is 2.49. The van der Waals surface area contributed by atoms with E-state index in [4.69, 9.17) is 0 Å². The van der Waals surface area contributed by atoms with Gasteiger partial charge in [0.25, 0.3) is 5.91 Å². The van der Waals surface area contributed by atoms with Gasteiger partial charge in [0.15, 0.2) is 11.6 Å². The molecule has 4 heteroatoms. The number of amides is 1. The summed E-state index contributed by atoms with van der Waals surface area (Å²) in [5.74, 6) is -2.48. The number of aryl methyl sites for hydroxylation is 1. The molecule has 0 bridgehead atoms. The first kappa shape index (κ1) is 12.2. The van der Waals surface area contributed by atoms with E-state index in [1.807, 2.05) is 19.1 Å². The van der Waals surface area contributed by atoms with E-state index in [0.29, 0.717) is 5.69 Å². The third kappa shape index (κ3) is 2.71. The van der Waals surface area contributed by atoms with Gasteiger partial charge >= 0.3 is 0 Å². The summed E-state index contributed by atoms with van der Waals surface area (Å²) in [6.45, 7) is 1.93. The van der Waals surface area contributed by atoms with Crippen molar-refractivity contribution in [2.75, 3.05) is 5.32 Å². The van der Waals surface area contributed by atoms with Crippen LogP contribution in [0.25, 0.3) is 0 Å². The highest BCUT2D eigenvalue weighted by molar-refractivity contribution is 6.04. The van der Waals surface area contributed by atoms with Crippen LogP contribution in [-0.2, 0) is 0 Å². The lowest BCUT2D eigenvalue weighted by molar-refractivity contribution is 0.102. The van der Waals surface area contributed by atoms with Crippen LogP contribution in [0, 0.1) is 18.6 Å². The summed E-state index contributed by atoms with van der Waals surface area (Å²) in [4.78, 5) is 11.8. The number of hydrogen-bond acceptors (Lipinski definition) is 1. The normalized spacial score (nSPS) is 10.2.